The highest BCUT2D eigenvalue weighted by Gasteiger charge is 2.24. The van der Waals surface area contributed by atoms with Gasteiger partial charge in [0.25, 0.3) is 5.91 Å². The third-order valence-electron chi connectivity index (χ3n) is 4.95. The van der Waals surface area contributed by atoms with E-state index in [2.05, 4.69) is 10.6 Å². The molecule has 0 aromatic heterocycles. The Labute approximate surface area is 163 Å². The first-order valence-corrected chi connectivity index (χ1v) is 9.49. The first kappa shape index (κ1) is 19.7. The van der Waals surface area contributed by atoms with Gasteiger partial charge in [0.15, 0.2) is 6.10 Å². The van der Waals surface area contributed by atoms with Crippen molar-refractivity contribution in [3.63, 3.8) is 0 Å². The van der Waals surface area contributed by atoms with Crippen molar-refractivity contribution in [1.82, 2.24) is 10.6 Å². The molecule has 7 nitrogen and oxygen atoms in total. The third kappa shape index (κ3) is 4.60. The van der Waals surface area contributed by atoms with Crippen molar-refractivity contribution >= 4 is 28.7 Å². The number of urea groups is 1. The first-order chi connectivity index (χ1) is 13.5. The molecule has 1 aliphatic rings. The second-order valence-corrected chi connectivity index (χ2v) is 7.03. The molecule has 0 unspecified atom stereocenters. The molecular weight excluding hydrogens is 360 g/mol. The van der Waals surface area contributed by atoms with Crippen LogP contribution < -0.4 is 10.6 Å². The molecule has 3 rings (SSSR count). The molecule has 0 aliphatic heterocycles. The summed E-state index contributed by atoms with van der Waals surface area (Å²) >= 11 is 0. The topological polar surface area (TPSA) is 105 Å². The Kier molecular flexibility index (Phi) is 6.13. The van der Waals surface area contributed by atoms with Gasteiger partial charge in [0, 0.05) is 11.4 Å². The molecule has 0 saturated heterocycles. The SMILES string of the molecule is C[C@@H](OC(=O)c1ccc2ccccc2c1O)C(=O)NC(=O)NC1CCCCC1. The minimum atomic E-state index is -1.18. The quantitative estimate of drug-likeness (QED) is 0.702. The number of carbonyl (C=O) groups excluding carboxylic acids is 3. The van der Waals surface area contributed by atoms with Gasteiger partial charge in [0.2, 0.25) is 0 Å². The van der Waals surface area contributed by atoms with Crippen molar-refractivity contribution in [3.05, 3.63) is 42.0 Å². The number of hydrogen-bond donors (Lipinski definition) is 3. The number of aromatic hydroxyl groups is 1. The van der Waals surface area contributed by atoms with E-state index in [1.807, 2.05) is 12.1 Å². The maximum atomic E-state index is 12.4. The molecule has 1 atom stereocenters. The molecule has 1 fully saturated rings. The Hall–Kier alpha value is -3.09. The van der Waals surface area contributed by atoms with Gasteiger partial charge in [-0.25, -0.2) is 9.59 Å². The Morgan fingerprint density at radius 1 is 1.07 bits per heavy atom. The van der Waals surface area contributed by atoms with Gasteiger partial charge in [0.05, 0.1) is 0 Å². The average Bonchev–Trinajstić information content (AvgIpc) is 2.69. The molecule has 0 heterocycles. The minimum Gasteiger partial charge on any atom is -0.506 e. The number of esters is 1. The summed E-state index contributed by atoms with van der Waals surface area (Å²) in [4.78, 5) is 36.5. The zero-order valence-corrected chi connectivity index (χ0v) is 15.7. The van der Waals surface area contributed by atoms with Gasteiger partial charge in [-0.3, -0.25) is 10.1 Å². The second-order valence-electron chi connectivity index (χ2n) is 7.03. The first-order valence-electron chi connectivity index (χ1n) is 9.49. The number of amides is 3. The summed E-state index contributed by atoms with van der Waals surface area (Å²) in [7, 11) is 0. The Morgan fingerprint density at radius 3 is 2.54 bits per heavy atom. The number of rotatable bonds is 4. The van der Waals surface area contributed by atoms with Crippen LogP contribution in [-0.2, 0) is 9.53 Å². The van der Waals surface area contributed by atoms with Gasteiger partial charge < -0.3 is 15.2 Å². The molecule has 1 saturated carbocycles. The van der Waals surface area contributed by atoms with Crippen LogP contribution in [-0.4, -0.2) is 35.2 Å². The lowest BCUT2D eigenvalue weighted by atomic mass is 9.96. The summed E-state index contributed by atoms with van der Waals surface area (Å²) in [5, 5.41) is 16.6. The van der Waals surface area contributed by atoms with E-state index in [-0.39, 0.29) is 17.4 Å². The van der Waals surface area contributed by atoms with Gasteiger partial charge in [0.1, 0.15) is 11.3 Å². The highest BCUT2D eigenvalue weighted by molar-refractivity contribution is 6.03. The Bertz CT molecular complexity index is 889. The molecule has 3 amide bonds. The number of nitrogens with one attached hydrogen (secondary N) is 2. The molecule has 1 aliphatic carbocycles. The third-order valence-corrected chi connectivity index (χ3v) is 4.95. The van der Waals surface area contributed by atoms with E-state index in [1.165, 1.54) is 13.0 Å². The molecule has 0 radical (unpaired) electrons. The summed E-state index contributed by atoms with van der Waals surface area (Å²) in [6.07, 6.45) is 3.88. The van der Waals surface area contributed by atoms with Crippen LogP contribution in [0.2, 0.25) is 0 Å². The molecule has 28 heavy (non-hydrogen) atoms. The van der Waals surface area contributed by atoms with E-state index in [0.29, 0.717) is 5.39 Å². The minimum absolute atomic E-state index is 0.0370. The lowest BCUT2D eigenvalue weighted by Gasteiger charge is -2.23. The summed E-state index contributed by atoms with van der Waals surface area (Å²) in [5.74, 6) is -1.76. The normalized spacial score (nSPS) is 15.6. The fourth-order valence-corrected chi connectivity index (χ4v) is 3.38. The number of hydrogen-bond acceptors (Lipinski definition) is 5. The maximum absolute atomic E-state index is 12.4. The van der Waals surface area contributed by atoms with E-state index in [4.69, 9.17) is 4.74 Å². The van der Waals surface area contributed by atoms with E-state index in [0.717, 1.165) is 37.5 Å². The predicted octanol–water partition coefficient (Wildman–Crippen LogP) is 3.25. The zero-order chi connectivity index (χ0) is 20.1. The lowest BCUT2D eigenvalue weighted by Crippen LogP contribution is -2.48. The van der Waals surface area contributed by atoms with E-state index < -0.39 is 24.0 Å². The largest absolute Gasteiger partial charge is 0.506 e. The molecule has 2 aromatic rings. The van der Waals surface area contributed by atoms with E-state index >= 15 is 0 Å². The van der Waals surface area contributed by atoms with Crippen LogP contribution in [0.15, 0.2) is 36.4 Å². The highest BCUT2D eigenvalue weighted by Crippen LogP contribution is 2.29. The monoisotopic (exact) mass is 384 g/mol. The summed E-state index contributed by atoms with van der Waals surface area (Å²) < 4.78 is 5.13. The van der Waals surface area contributed by atoms with Crippen LogP contribution in [0.4, 0.5) is 4.79 Å². The summed E-state index contributed by atoms with van der Waals surface area (Å²) in [6.45, 7) is 1.37. The van der Waals surface area contributed by atoms with Crippen molar-refractivity contribution in [3.8, 4) is 5.75 Å². The number of benzene rings is 2. The Balaban J connectivity index is 1.58. The number of phenolic OH excluding ortho intramolecular Hbond substituents is 1. The molecule has 2 aromatic carbocycles. The number of phenols is 1. The van der Waals surface area contributed by atoms with Crippen LogP contribution >= 0.6 is 0 Å². The van der Waals surface area contributed by atoms with Crippen molar-refractivity contribution in [2.45, 2.75) is 51.2 Å². The highest BCUT2D eigenvalue weighted by atomic mass is 16.5. The Morgan fingerprint density at radius 2 is 1.79 bits per heavy atom. The molecule has 3 N–H and O–H groups in total. The average molecular weight is 384 g/mol. The number of fused-ring (bicyclic) bond motifs is 1. The van der Waals surface area contributed by atoms with E-state index in [1.54, 1.807) is 18.2 Å². The molecule has 148 valence electrons. The predicted molar refractivity (Wildman–Crippen MR) is 104 cm³/mol. The van der Waals surface area contributed by atoms with Crippen LogP contribution in [0.5, 0.6) is 5.75 Å². The van der Waals surface area contributed by atoms with Gasteiger partial charge in [-0.05, 0) is 31.2 Å². The van der Waals surface area contributed by atoms with Crippen LogP contribution in [0.3, 0.4) is 0 Å². The van der Waals surface area contributed by atoms with Crippen LogP contribution in [0.1, 0.15) is 49.4 Å². The number of imide groups is 1. The van der Waals surface area contributed by atoms with Crippen molar-refractivity contribution in [1.29, 1.82) is 0 Å². The summed E-state index contributed by atoms with van der Waals surface area (Å²) in [5.41, 5.74) is -0.0370. The van der Waals surface area contributed by atoms with Crippen LogP contribution in [0, 0.1) is 0 Å². The fraction of sp³-hybridized carbons (Fsp3) is 0.381. The van der Waals surface area contributed by atoms with Gasteiger partial charge in [-0.15, -0.1) is 0 Å². The maximum Gasteiger partial charge on any atom is 0.342 e. The zero-order valence-electron chi connectivity index (χ0n) is 15.7. The van der Waals surface area contributed by atoms with Crippen LogP contribution in [0.25, 0.3) is 10.8 Å². The second kappa shape index (κ2) is 8.73. The molecule has 7 heteroatoms. The smallest absolute Gasteiger partial charge is 0.342 e. The standard InChI is InChI=1S/C21H24N2O5/c1-13(19(25)23-21(27)22-15-8-3-2-4-9-15)28-20(26)17-12-11-14-7-5-6-10-16(14)18(17)24/h5-7,10-13,15,24H,2-4,8-9H2,1H3,(H2,22,23,25,27)/t13-/m1/s1. The van der Waals surface area contributed by atoms with Crippen molar-refractivity contribution < 1.29 is 24.2 Å². The number of ether oxygens (including phenoxy) is 1. The van der Waals surface area contributed by atoms with Gasteiger partial charge in [-0.1, -0.05) is 49.6 Å². The molecule has 0 spiro atoms. The van der Waals surface area contributed by atoms with E-state index in [9.17, 15) is 19.5 Å². The van der Waals surface area contributed by atoms with Crippen molar-refractivity contribution in [2.24, 2.45) is 0 Å². The number of carbonyl (C=O) groups is 3. The fourth-order valence-electron chi connectivity index (χ4n) is 3.38. The lowest BCUT2D eigenvalue weighted by molar-refractivity contribution is -0.127. The van der Waals surface area contributed by atoms with Gasteiger partial charge in [-0.2, -0.15) is 0 Å². The summed E-state index contributed by atoms with van der Waals surface area (Å²) in [6, 6.07) is 9.68. The van der Waals surface area contributed by atoms with Crippen molar-refractivity contribution in [2.75, 3.05) is 0 Å². The van der Waals surface area contributed by atoms with Gasteiger partial charge >= 0.3 is 12.0 Å². The molecule has 0 bridgehead atoms. The molecular formula is C21H24N2O5.